The summed E-state index contributed by atoms with van der Waals surface area (Å²) in [6.45, 7) is 4.11. The number of fused-ring (bicyclic) bond motifs is 3. The van der Waals surface area contributed by atoms with E-state index in [4.69, 9.17) is 4.18 Å². The van der Waals surface area contributed by atoms with Crippen LogP contribution in [-0.2, 0) is 14.3 Å². The van der Waals surface area contributed by atoms with E-state index < -0.39 is 10.1 Å². The summed E-state index contributed by atoms with van der Waals surface area (Å²) in [5.74, 6) is 0.922. The fourth-order valence-corrected chi connectivity index (χ4v) is 5.61. The van der Waals surface area contributed by atoms with E-state index in [1.165, 1.54) is 6.42 Å². The highest BCUT2D eigenvalue weighted by Gasteiger charge is 2.70. The lowest BCUT2D eigenvalue weighted by Gasteiger charge is -2.19. The molecule has 4 heteroatoms. The molecule has 5 atom stereocenters. The van der Waals surface area contributed by atoms with Crippen LogP contribution in [-0.4, -0.2) is 19.8 Å². The Morgan fingerprint density at radius 1 is 1.46 bits per heavy atom. The Labute approximate surface area is 78.6 Å². The standard InChI is InChI=1S/C9H14O3S/c1-5-8-7(13(10,11)12-5)3-6-4-9(6,8)2/h5-8H,3-4H2,1-2H3. The van der Waals surface area contributed by atoms with E-state index in [0.29, 0.717) is 5.92 Å². The third-order valence-corrected chi connectivity index (χ3v) is 6.10. The maximum absolute atomic E-state index is 11.5. The molecule has 0 aromatic rings. The third kappa shape index (κ3) is 0.814. The van der Waals surface area contributed by atoms with Crippen molar-refractivity contribution in [2.24, 2.45) is 17.3 Å². The van der Waals surface area contributed by atoms with Gasteiger partial charge in [-0.2, -0.15) is 8.42 Å². The Hall–Kier alpha value is -0.0900. The number of hydrogen-bond donors (Lipinski definition) is 0. The second kappa shape index (κ2) is 1.96. The molecule has 0 aromatic heterocycles. The predicted octanol–water partition coefficient (Wildman–Crippen LogP) is 1.15. The van der Waals surface area contributed by atoms with Crippen molar-refractivity contribution in [1.82, 2.24) is 0 Å². The van der Waals surface area contributed by atoms with Crippen LogP contribution in [0.15, 0.2) is 0 Å². The van der Waals surface area contributed by atoms with Crippen LogP contribution in [0.25, 0.3) is 0 Å². The van der Waals surface area contributed by atoms with E-state index in [1.54, 1.807) is 0 Å². The van der Waals surface area contributed by atoms with Gasteiger partial charge in [0, 0.05) is 5.92 Å². The van der Waals surface area contributed by atoms with Crippen LogP contribution < -0.4 is 0 Å². The zero-order valence-corrected chi connectivity index (χ0v) is 8.67. The smallest absolute Gasteiger partial charge is 0.266 e. The van der Waals surface area contributed by atoms with Gasteiger partial charge in [-0.05, 0) is 31.1 Å². The van der Waals surface area contributed by atoms with Gasteiger partial charge < -0.3 is 0 Å². The normalized spacial score (nSPS) is 61.7. The average molecular weight is 202 g/mol. The monoisotopic (exact) mass is 202 g/mol. The minimum Gasteiger partial charge on any atom is -0.266 e. The fraction of sp³-hybridized carbons (Fsp3) is 1.00. The summed E-state index contributed by atoms with van der Waals surface area (Å²) in [6.07, 6.45) is 1.96. The Kier molecular flexibility index (Phi) is 1.24. The predicted molar refractivity (Wildman–Crippen MR) is 47.6 cm³/mol. The first-order valence-corrected chi connectivity index (χ1v) is 6.34. The summed E-state index contributed by atoms with van der Waals surface area (Å²) in [7, 11) is -3.21. The zero-order valence-electron chi connectivity index (χ0n) is 7.86. The van der Waals surface area contributed by atoms with Crippen molar-refractivity contribution in [2.45, 2.75) is 38.0 Å². The Morgan fingerprint density at radius 2 is 2.15 bits per heavy atom. The van der Waals surface area contributed by atoms with Crippen molar-refractivity contribution in [3.63, 3.8) is 0 Å². The summed E-state index contributed by atoms with van der Waals surface area (Å²) in [6, 6.07) is 0. The molecule has 74 valence electrons. The van der Waals surface area contributed by atoms with Crippen molar-refractivity contribution in [3.8, 4) is 0 Å². The van der Waals surface area contributed by atoms with Gasteiger partial charge in [-0.3, -0.25) is 4.18 Å². The van der Waals surface area contributed by atoms with Crippen molar-refractivity contribution in [3.05, 3.63) is 0 Å². The topological polar surface area (TPSA) is 43.4 Å². The first-order chi connectivity index (χ1) is 5.95. The second-order valence-corrected chi connectivity index (χ2v) is 6.78. The Bertz CT molecular complexity index is 361. The molecule has 0 N–H and O–H groups in total. The molecular weight excluding hydrogens is 188 g/mol. The van der Waals surface area contributed by atoms with Crippen LogP contribution in [0.4, 0.5) is 0 Å². The molecule has 3 aliphatic rings. The van der Waals surface area contributed by atoms with Crippen LogP contribution in [0.5, 0.6) is 0 Å². The lowest BCUT2D eigenvalue weighted by Crippen LogP contribution is -2.26. The molecule has 3 fully saturated rings. The molecule has 0 amide bonds. The van der Waals surface area contributed by atoms with Gasteiger partial charge in [-0.15, -0.1) is 0 Å². The molecule has 13 heavy (non-hydrogen) atoms. The van der Waals surface area contributed by atoms with Gasteiger partial charge in [0.2, 0.25) is 0 Å². The van der Waals surface area contributed by atoms with Gasteiger partial charge in [0.25, 0.3) is 10.1 Å². The van der Waals surface area contributed by atoms with Crippen molar-refractivity contribution >= 4 is 10.1 Å². The molecule has 1 saturated heterocycles. The van der Waals surface area contributed by atoms with Crippen LogP contribution in [0.1, 0.15) is 26.7 Å². The molecular formula is C9H14O3S. The minimum atomic E-state index is -3.21. The second-order valence-electron chi connectivity index (χ2n) is 5.00. The van der Waals surface area contributed by atoms with Gasteiger partial charge in [-0.1, -0.05) is 6.92 Å². The van der Waals surface area contributed by atoms with Crippen LogP contribution in [0, 0.1) is 17.3 Å². The maximum atomic E-state index is 11.5. The van der Waals surface area contributed by atoms with Crippen molar-refractivity contribution in [1.29, 1.82) is 0 Å². The quantitative estimate of drug-likeness (QED) is 0.553. The van der Waals surface area contributed by atoms with Crippen LogP contribution in [0.3, 0.4) is 0 Å². The molecule has 2 saturated carbocycles. The summed E-state index contributed by atoms with van der Waals surface area (Å²) >= 11 is 0. The van der Waals surface area contributed by atoms with Crippen molar-refractivity contribution in [2.75, 3.05) is 0 Å². The first-order valence-electron chi connectivity index (χ1n) is 4.87. The molecule has 1 aliphatic heterocycles. The van der Waals surface area contributed by atoms with E-state index in [1.807, 2.05) is 6.92 Å². The molecule has 5 unspecified atom stereocenters. The van der Waals surface area contributed by atoms with Gasteiger partial charge >= 0.3 is 0 Å². The van der Waals surface area contributed by atoms with Crippen LogP contribution >= 0.6 is 0 Å². The molecule has 1 heterocycles. The summed E-state index contributed by atoms with van der Waals surface area (Å²) in [5, 5.41) is -0.189. The molecule has 3 nitrogen and oxygen atoms in total. The SMILES string of the molecule is CC1OS(=O)(=O)C2CC3CC3(C)C12. The number of hydrogen-bond acceptors (Lipinski definition) is 3. The highest BCUT2D eigenvalue weighted by Crippen LogP contribution is 2.70. The van der Waals surface area contributed by atoms with Gasteiger partial charge in [-0.25, -0.2) is 0 Å². The molecule has 0 bridgehead atoms. The molecule has 0 spiro atoms. The molecule has 3 rings (SSSR count). The van der Waals surface area contributed by atoms with E-state index in [-0.39, 0.29) is 22.7 Å². The van der Waals surface area contributed by atoms with Crippen LogP contribution in [0.2, 0.25) is 0 Å². The van der Waals surface area contributed by atoms with E-state index >= 15 is 0 Å². The summed E-state index contributed by atoms with van der Waals surface area (Å²) in [5.41, 5.74) is 0.285. The largest absolute Gasteiger partial charge is 0.270 e. The van der Waals surface area contributed by atoms with Gasteiger partial charge in [0.05, 0.1) is 11.4 Å². The minimum absolute atomic E-state index is 0.0903. The molecule has 0 radical (unpaired) electrons. The van der Waals surface area contributed by atoms with Gasteiger partial charge in [0.1, 0.15) is 0 Å². The molecule has 2 aliphatic carbocycles. The number of rotatable bonds is 0. The first kappa shape index (κ1) is 8.24. The van der Waals surface area contributed by atoms with E-state index in [9.17, 15) is 8.42 Å². The Balaban J connectivity index is 2.06. The Morgan fingerprint density at radius 3 is 2.77 bits per heavy atom. The average Bonchev–Trinajstić information content (AvgIpc) is 2.41. The lowest BCUT2D eigenvalue weighted by atomic mass is 9.88. The lowest BCUT2D eigenvalue weighted by molar-refractivity contribution is 0.162. The molecule has 0 aromatic carbocycles. The van der Waals surface area contributed by atoms with Gasteiger partial charge in [0.15, 0.2) is 0 Å². The third-order valence-electron chi connectivity index (χ3n) is 4.30. The fourth-order valence-electron chi connectivity index (χ4n) is 3.56. The van der Waals surface area contributed by atoms with E-state index in [0.717, 1.165) is 6.42 Å². The van der Waals surface area contributed by atoms with Crippen molar-refractivity contribution < 1.29 is 12.6 Å². The zero-order chi connectivity index (χ0) is 9.43. The summed E-state index contributed by atoms with van der Waals surface area (Å²) in [4.78, 5) is 0. The highest BCUT2D eigenvalue weighted by molar-refractivity contribution is 7.87. The summed E-state index contributed by atoms with van der Waals surface area (Å²) < 4.78 is 28.1. The highest BCUT2D eigenvalue weighted by atomic mass is 32.2. The maximum Gasteiger partial charge on any atom is 0.270 e. The van der Waals surface area contributed by atoms with E-state index in [2.05, 4.69) is 6.92 Å².